The SMILES string of the molecule is C.O=C(NCc1ccccn1)c1ccc([C@H]2C[C@@H]2C(=O)Cc2ccc3cnsc3c2)cc1.S.S. The van der Waals surface area contributed by atoms with E-state index in [0.717, 1.165) is 33.3 Å². The van der Waals surface area contributed by atoms with Crippen LogP contribution in [0.5, 0.6) is 0 Å². The van der Waals surface area contributed by atoms with E-state index in [1.54, 1.807) is 6.20 Å². The fraction of sp³-hybridized carbons (Fsp3) is 0.231. The monoisotopic (exact) mass is 511 g/mol. The lowest BCUT2D eigenvalue weighted by atomic mass is 10.0. The molecule has 1 amide bonds. The first-order valence-corrected chi connectivity index (χ1v) is 11.1. The highest BCUT2D eigenvalue weighted by atomic mass is 32.1. The quantitative estimate of drug-likeness (QED) is 0.361. The molecule has 0 unspecified atom stereocenters. The molecule has 34 heavy (non-hydrogen) atoms. The minimum atomic E-state index is -0.126. The molecule has 5 rings (SSSR count). The molecule has 178 valence electrons. The standard InChI is InChI=1S/C25H21N3O2S.CH4.2H2S/c29-23(11-16-4-5-19-14-28-31-24(19)12-16)22-13-21(22)17-6-8-18(9-7-17)25(30)27-15-20-3-1-2-10-26-20;;;/h1-10,12,14,21-22H,11,13,15H2,(H,27,30);1H4;2*1H2/t21-,22+;;;/m1.../s1. The summed E-state index contributed by atoms with van der Waals surface area (Å²) in [5, 5.41) is 4.01. The van der Waals surface area contributed by atoms with Crippen molar-refractivity contribution < 1.29 is 9.59 Å². The van der Waals surface area contributed by atoms with Crippen molar-refractivity contribution >= 4 is 60.3 Å². The van der Waals surface area contributed by atoms with E-state index in [4.69, 9.17) is 0 Å². The molecule has 0 aliphatic heterocycles. The first-order chi connectivity index (χ1) is 15.2. The van der Waals surface area contributed by atoms with Gasteiger partial charge < -0.3 is 5.32 Å². The molecule has 5 nitrogen and oxygen atoms in total. The van der Waals surface area contributed by atoms with Crippen LogP contribution in [0, 0.1) is 5.92 Å². The largest absolute Gasteiger partial charge is 0.346 e. The number of nitrogens with zero attached hydrogens (tertiary/aromatic N) is 2. The molecule has 2 aromatic heterocycles. The first-order valence-electron chi connectivity index (χ1n) is 10.3. The van der Waals surface area contributed by atoms with E-state index in [0.29, 0.717) is 18.5 Å². The highest BCUT2D eigenvalue weighted by Crippen LogP contribution is 2.48. The third-order valence-electron chi connectivity index (χ3n) is 5.76. The Morgan fingerprint density at radius 2 is 1.82 bits per heavy atom. The molecule has 0 spiro atoms. The van der Waals surface area contributed by atoms with E-state index < -0.39 is 0 Å². The van der Waals surface area contributed by atoms with Crippen LogP contribution < -0.4 is 5.32 Å². The summed E-state index contributed by atoms with van der Waals surface area (Å²) in [5.74, 6) is 0.483. The predicted octanol–water partition coefficient (Wildman–Crippen LogP) is 5.40. The number of pyridine rings is 1. The number of nitrogens with one attached hydrogen (secondary N) is 1. The number of fused-ring (bicyclic) bond motifs is 1. The summed E-state index contributed by atoms with van der Waals surface area (Å²) < 4.78 is 5.31. The van der Waals surface area contributed by atoms with Crippen molar-refractivity contribution in [2.75, 3.05) is 0 Å². The lowest BCUT2D eigenvalue weighted by Gasteiger charge is -2.06. The molecule has 1 N–H and O–H groups in total. The first kappa shape index (κ1) is 27.6. The zero-order valence-electron chi connectivity index (χ0n) is 17.8. The van der Waals surface area contributed by atoms with Crippen LogP contribution in [0.3, 0.4) is 0 Å². The summed E-state index contributed by atoms with van der Waals surface area (Å²) in [4.78, 5) is 29.3. The van der Waals surface area contributed by atoms with Crippen LogP contribution in [-0.2, 0) is 17.8 Å². The van der Waals surface area contributed by atoms with Crippen LogP contribution >= 0.6 is 38.5 Å². The van der Waals surface area contributed by atoms with Crippen molar-refractivity contribution in [2.45, 2.75) is 32.7 Å². The zero-order valence-corrected chi connectivity index (χ0v) is 20.6. The molecule has 2 atom stereocenters. The fourth-order valence-corrected chi connectivity index (χ4v) is 4.63. The molecular formula is C26H29N3O2S3. The third kappa shape index (κ3) is 6.25. The van der Waals surface area contributed by atoms with E-state index in [2.05, 4.69) is 20.7 Å². The van der Waals surface area contributed by atoms with Crippen molar-refractivity contribution in [3.8, 4) is 0 Å². The van der Waals surface area contributed by atoms with Crippen molar-refractivity contribution in [1.29, 1.82) is 0 Å². The highest BCUT2D eigenvalue weighted by molar-refractivity contribution is 7.59. The summed E-state index contributed by atoms with van der Waals surface area (Å²) in [7, 11) is 0. The molecule has 4 aromatic rings. The van der Waals surface area contributed by atoms with Gasteiger partial charge in [0.2, 0.25) is 0 Å². The Labute approximate surface area is 218 Å². The maximum absolute atomic E-state index is 12.7. The minimum absolute atomic E-state index is 0. The second-order valence-corrected chi connectivity index (χ2v) is 8.75. The molecule has 8 heteroatoms. The van der Waals surface area contributed by atoms with Crippen LogP contribution in [0.1, 0.15) is 46.9 Å². The molecule has 0 bridgehead atoms. The van der Waals surface area contributed by atoms with Crippen molar-refractivity contribution in [1.82, 2.24) is 14.7 Å². The molecule has 2 aromatic carbocycles. The molecular weight excluding hydrogens is 483 g/mol. The summed E-state index contributed by atoms with van der Waals surface area (Å²) in [6.07, 6.45) is 4.90. The molecule has 0 radical (unpaired) electrons. The van der Waals surface area contributed by atoms with E-state index in [1.165, 1.54) is 11.5 Å². The van der Waals surface area contributed by atoms with Gasteiger partial charge in [0.05, 0.1) is 16.9 Å². The number of carbonyl (C=O) groups excluding carboxylic acids is 2. The summed E-state index contributed by atoms with van der Waals surface area (Å²) in [6, 6.07) is 19.3. The number of carbonyl (C=O) groups is 2. The number of Topliss-reactive ketones (excluding diaryl/α,β-unsaturated/α-hetero) is 1. The normalized spacial score (nSPS) is 15.9. The van der Waals surface area contributed by atoms with Gasteiger partial charge in [0.25, 0.3) is 5.91 Å². The summed E-state index contributed by atoms with van der Waals surface area (Å²) in [6.45, 7) is 0.397. The zero-order chi connectivity index (χ0) is 21.2. The van der Waals surface area contributed by atoms with Gasteiger partial charge in [-0.3, -0.25) is 14.6 Å². The van der Waals surface area contributed by atoms with Crippen molar-refractivity contribution in [3.05, 3.63) is 95.4 Å². The van der Waals surface area contributed by atoms with Gasteiger partial charge >= 0.3 is 0 Å². The molecule has 1 aliphatic carbocycles. The summed E-state index contributed by atoms with van der Waals surface area (Å²) >= 11 is 1.46. The van der Waals surface area contributed by atoms with Gasteiger partial charge in [-0.1, -0.05) is 37.8 Å². The Hall–Kier alpha value is -2.68. The minimum Gasteiger partial charge on any atom is -0.346 e. The topological polar surface area (TPSA) is 72.0 Å². The third-order valence-corrected chi connectivity index (χ3v) is 6.52. The van der Waals surface area contributed by atoms with Gasteiger partial charge in [-0.25, -0.2) is 0 Å². The van der Waals surface area contributed by atoms with E-state index in [9.17, 15) is 9.59 Å². The lowest BCUT2D eigenvalue weighted by molar-refractivity contribution is -0.119. The Morgan fingerprint density at radius 1 is 1.03 bits per heavy atom. The number of ketones is 1. The van der Waals surface area contributed by atoms with Crippen molar-refractivity contribution in [3.63, 3.8) is 0 Å². The highest BCUT2D eigenvalue weighted by Gasteiger charge is 2.43. The van der Waals surface area contributed by atoms with Gasteiger partial charge in [0.15, 0.2) is 0 Å². The van der Waals surface area contributed by atoms with Gasteiger partial charge in [0, 0.05) is 35.7 Å². The van der Waals surface area contributed by atoms with Crippen LogP contribution in [0.2, 0.25) is 0 Å². The van der Waals surface area contributed by atoms with Crippen LogP contribution in [0.4, 0.5) is 0 Å². The average Bonchev–Trinajstić information content (AvgIpc) is 3.48. The Balaban J connectivity index is 0.00000136. The Kier molecular flexibility index (Phi) is 9.85. The lowest BCUT2D eigenvalue weighted by Crippen LogP contribution is -2.23. The maximum Gasteiger partial charge on any atom is 0.251 e. The Bertz CT molecular complexity index is 1240. The molecule has 1 fully saturated rings. The number of benzene rings is 2. The fourth-order valence-electron chi connectivity index (χ4n) is 3.92. The van der Waals surface area contributed by atoms with Crippen LogP contribution in [0.15, 0.2) is 73.1 Å². The second kappa shape index (κ2) is 12.1. The second-order valence-electron chi connectivity index (χ2n) is 7.92. The number of amides is 1. The van der Waals surface area contributed by atoms with E-state index >= 15 is 0 Å². The van der Waals surface area contributed by atoms with E-state index in [-0.39, 0.29) is 57.9 Å². The van der Waals surface area contributed by atoms with E-state index in [1.807, 2.05) is 60.8 Å². The van der Waals surface area contributed by atoms with Gasteiger partial charge in [-0.2, -0.15) is 31.4 Å². The van der Waals surface area contributed by atoms with Crippen molar-refractivity contribution in [2.24, 2.45) is 5.92 Å². The van der Waals surface area contributed by atoms with Crippen LogP contribution in [-0.4, -0.2) is 21.0 Å². The maximum atomic E-state index is 12.7. The predicted molar refractivity (Wildman–Crippen MR) is 149 cm³/mol. The van der Waals surface area contributed by atoms with Gasteiger partial charge in [-0.15, -0.1) is 0 Å². The number of aromatic nitrogens is 2. The smallest absolute Gasteiger partial charge is 0.251 e. The van der Waals surface area contributed by atoms with Gasteiger partial charge in [-0.05, 0) is 65.3 Å². The number of hydrogen-bond acceptors (Lipinski definition) is 5. The Morgan fingerprint density at radius 3 is 2.56 bits per heavy atom. The van der Waals surface area contributed by atoms with Crippen LogP contribution in [0.25, 0.3) is 10.1 Å². The summed E-state index contributed by atoms with van der Waals surface area (Å²) in [5.41, 5.74) is 3.60. The molecule has 1 aliphatic rings. The molecule has 1 saturated carbocycles. The molecule has 2 heterocycles. The van der Waals surface area contributed by atoms with Gasteiger partial charge in [0.1, 0.15) is 5.78 Å². The number of rotatable bonds is 7. The average molecular weight is 512 g/mol. The molecule has 0 saturated heterocycles. The number of hydrogen-bond donors (Lipinski definition) is 1.